The first-order valence-corrected chi connectivity index (χ1v) is 6.48. The van der Waals surface area contributed by atoms with Gasteiger partial charge in [0.2, 0.25) is 0 Å². The average molecular weight is 263 g/mol. The molecule has 0 aliphatic rings. The number of azo groups is 1. The number of fused-ring (bicyclic) bond motifs is 1. The zero-order valence-electron chi connectivity index (χ0n) is 11.2. The molecule has 3 rings (SSSR count). The van der Waals surface area contributed by atoms with Crippen LogP contribution in [0.15, 0.2) is 65.8 Å². The molecule has 0 radical (unpaired) electrons. The van der Waals surface area contributed by atoms with Crippen molar-refractivity contribution in [3.05, 3.63) is 66.2 Å². The van der Waals surface area contributed by atoms with Gasteiger partial charge in [-0.3, -0.25) is 0 Å². The van der Waals surface area contributed by atoms with Gasteiger partial charge in [-0.05, 0) is 41.7 Å². The molecule has 0 atom stereocenters. The van der Waals surface area contributed by atoms with E-state index in [2.05, 4.69) is 10.2 Å². The van der Waals surface area contributed by atoms with Crippen molar-refractivity contribution >= 4 is 22.1 Å². The van der Waals surface area contributed by atoms with Crippen molar-refractivity contribution in [1.29, 1.82) is 0 Å². The summed E-state index contributed by atoms with van der Waals surface area (Å²) in [5.74, 6) is 0.194. The molecule has 0 aliphatic heterocycles. The Morgan fingerprint density at radius 3 is 2.45 bits per heavy atom. The second-order valence-electron chi connectivity index (χ2n) is 4.74. The van der Waals surface area contributed by atoms with Crippen molar-refractivity contribution in [2.24, 2.45) is 5.11 Å². The van der Waals surface area contributed by atoms with Gasteiger partial charge in [-0.15, -0.1) is 0 Å². The third-order valence-electron chi connectivity index (χ3n) is 3.24. The van der Waals surface area contributed by atoms with Gasteiger partial charge in [-0.2, -0.15) is 0 Å². The zero-order valence-corrected chi connectivity index (χ0v) is 11.2. The van der Waals surface area contributed by atoms with Crippen molar-refractivity contribution in [2.45, 2.75) is 6.92 Å². The van der Waals surface area contributed by atoms with Crippen molar-refractivity contribution in [2.75, 3.05) is 0 Å². The SMILES string of the molecule is Cc1ccc(N=[NH+]c2c(O)ccc3ccccc23)cc1. The molecule has 3 nitrogen and oxygen atoms in total. The average Bonchev–Trinajstić information content (AvgIpc) is 2.48. The molecule has 0 spiro atoms. The van der Waals surface area contributed by atoms with Gasteiger partial charge in [0.05, 0.1) is 5.39 Å². The Balaban J connectivity index is 2.06. The quantitative estimate of drug-likeness (QED) is 0.540. The van der Waals surface area contributed by atoms with E-state index in [1.807, 2.05) is 61.5 Å². The van der Waals surface area contributed by atoms with Crippen molar-refractivity contribution in [3.63, 3.8) is 0 Å². The maximum atomic E-state index is 10.0. The Kier molecular flexibility index (Phi) is 3.17. The van der Waals surface area contributed by atoms with Crippen LogP contribution < -0.4 is 5.11 Å². The Morgan fingerprint density at radius 1 is 0.900 bits per heavy atom. The number of aromatic hydroxyl groups is 1. The van der Waals surface area contributed by atoms with Gasteiger partial charge in [-0.25, -0.2) is 0 Å². The fraction of sp³-hybridized carbons (Fsp3) is 0.0588. The van der Waals surface area contributed by atoms with E-state index in [9.17, 15) is 5.11 Å². The number of phenols is 1. The van der Waals surface area contributed by atoms with E-state index >= 15 is 0 Å². The molecule has 98 valence electrons. The van der Waals surface area contributed by atoms with E-state index in [-0.39, 0.29) is 5.75 Å². The summed E-state index contributed by atoms with van der Waals surface area (Å²) >= 11 is 0. The van der Waals surface area contributed by atoms with Gasteiger partial charge in [0.25, 0.3) is 5.69 Å². The standard InChI is InChI=1S/C17H14N2O/c1-12-6-9-14(10-7-12)18-19-17-15-5-3-2-4-13(15)8-11-16(17)20/h2-11,20H,1H3/p+1. The molecule has 0 saturated heterocycles. The molecular weight excluding hydrogens is 248 g/mol. The summed E-state index contributed by atoms with van der Waals surface area (Å²) in [7, 11) is 0. The van der Waals surface area contributed by atoms with Gasteiger partial charge >= 0.3 is 0 Å². The predicted molar refractivity (Wildman–Crippen MR) is 79.5 cm³/mol. The predicted octanol–water partition coefficient (Wildman–Crippen LogP) is 3.35. The fourth-order valence-electron chi connectivity index (χ4n) is 2.12. The molecule has 2 N–H and O–H groups in total. The van der Waals surface area contributed by atoms with Crippen LogP contribution in [0.5, 0.6) is 5.75 Å². The lowest BCUT2D eigenvalue weighted by Gasteiger charge is -1.99. The molecule has 0 unspecified atom stereocenters. The number of hydrogen-bond donors (Lipinski definition) is 2. The lowest BCUT2D eigenvalue weighted by atomic mass is 10.1. The molecule has 0 amide bonds. The molecule has 20 heavy (non-hydrogen) atoms. The third kappa shape index (κ3) is 2.38. The minimum Gasteiger partial charge on any atom is -0.502 e. The van der Waals surface area contributed by atoms with E-state index in [4.69, 9.17) is 0 Å². The molecule has 0 saturated carbocycles. The number of nitrogens with one attached hydrogen (secondary N) is 1. The first kappa shape index (κ1) is 12.4. The summed E-state index contributed by atoms with van der Waals surface area (Å²) in [4.78, 5) is 0. The number of nitrogens with zero attached hydrogens (tertiary/aromatic N) is 1. The Morgan fingerprint density at radius 2 is 1.65 bits per heavy atom. The monoisotopic (exact) mass is 263 g/mol. The Hall–Kier alpha value is -2.68. The summed E-state index contributed by atoms with van der Waals surface area (Å²) in [6, 6.07) is 19.3. The summed E-state index contributed by atoms with van der Waals surface area (Å²) in [5, 5.41) is 19.3. The molecule has 0 aliphatic carbocycles. The van der Waals surface area contributed by atoms with E-state index in [1.165, 1.54) is 5.56 Å². The normalized spacial score (nSPS) is 11.2. The van der Waals surface area contributed by atoms with E-state index < -0.39 is 0 Å². The second kappa shape index (κ2) is 5.13. The molecule has 3 heteroatoms. The van der Waals surface area contributed by atoms with Gasteiger partial charge in [0.15, 0.2) is 5.75 Å². The lowest BCUT2D eigenvalue weighted by Crippen LogP contribution is -2.57. The van der Waals surface area contributed by atoms with Crippen LogP contribution in [0.25, 0.3) is 10.8 Å². The fourth-order valence-corrected chi connectivity index (χ4v) is 2.12. The molecular formula is C17H15N2O+. The van der Waals surface area contributed by atoms with Crippen molar-refractivity contribution in [1.82, 2.24) is 0 Å². The Labute approximate surface area is 117 Å². The van der Waals surface area contributed by atoms with Gasteiger partial charge in [0, 0.05) is 0 Å². The summed E-state index contributed by atoms with van der Waals surface area (Å²) in [6.07, 6.45) is 0. The first-order valence-electron chi connectivity index (χ1n) is 6.48. The lowest BCUT2D eigenvalue weighted by molar-refractivity contribution is -0.432. The molecule has 0 aromatic heterocycles. The molecule has 0 bridgehead atoms. The highest BCUT2D eigenvalue weighted by Crippen LogP contribution is 2.28. The summed E-state index contributed by atoms with van der Waals surface area (Å²) < 4.78 is 0. The van der Waals surface area contributed by atoms with E-state index in [1.54, 1.807) is 6.07 Å². The van der Waals surface area contributed by atoms with Gasteiger partial charge < -0.3 is 5.11 Å². The number of phenolic OH excluding ortho intramolecular Hbond substituents is 1. The first-order chi connectivity index (χ1) is 9.74. The van der Waals surface area contributed by atoms with Crippen LogP contribution in [-0.2, 0) is 0 Å². The smallest absolute Gasteiger partial charge is 0.278 e. The van der Waals surface area contributed by atoms with E-state index in [0.29, 0.717) is 5.69 Å². The Bertz CT molecular complexity index is 777. The number of hydrogen-bond acceptors (Lipinski definition) is 2. The van der Waals surface area contributed by atoms with Crippen LogP contribution in [0.2, 0.25) is 0 Å². The highest BCUT2D eigenvalue weighted by atomic mass is 16.3. The highest BCUT2D eigenvalue weighted by molar-refractivity contribution is 5.92. The van der Waals surface area contributed by atoms with Crippen molar-refractivity contribution < 1.29 is 10.2 Å². The van der Waals surface area contributed by atoms with Gasteiger partial charge in [0.1, 0.15) is 5.69 Å². The molecule has 0 heterocycles. The number of rotatable bonds is 2. The largest absolute Gasteiger partial charge is 0.502 e. The van der Waals surface area contributed by atoms with Crippen LogP contribution in [0.4, 0.5) is 11.4 Å². The maximum absolute atomic E-state index is 10.0. The molecule has 0 fully saturated rings. The van der Waals surface area contributed by atoms with Crippen LogP contribution in [0, 0.1) is 6.92 Å². The van der Waals surface area contributed by atoms with Crippen LogP contribution in [-0.4, -0.2) is 5.11 Å². The summed E-state index contributed by atoms with van der Waals surface area (Å²) in [6.45, 7) is 2.04. The van der Waals surface area contributed by atoms with Gasteiger partial charge in [-0.1, -0.05) is 47.1 Å². The second-order valence-corrected chi connectivity index (χ2v) is 4.74. The minimum absolute atomic E-state index is 0.194. The number of benzene rings is 3. The number of aryl methyl sites for hydroxylation is 1. The van der Waals surface area contributed by atoms with Crippen LogP contribution >= 0.6 is 0 Å². The zero-order chi connectivity index (χ0) is 13.9. The van der Waals surface area contributed by atoms with Crippen molar-refractivity contribution in [3.8, 4) is 5.75 Å². The van der Waals surface area contributed by atoms with E-state index in [0.717, 1.165) is 16.5 Å². The maximum Gasteiger partial charge on any atom is 0.278 e. The molecule has 3 aromatic carbocycles. The molecule has 3 aromatic rings. The van der Waals surface area contributed by atoms with Crippen LogP contribution in [0.1, 0.15) is 5.56 Å². The topological polar surface area (TPSA) is 46.6 Å². The highest BCUT2D eigenvalue weighted by Gasteiger charge is 2.11. The van der Waals surface area contributed by atoms with Crippen LogP contribution in [0.3, 0.4) is 0 Å². The summed E-state index contributed by atoms with van der Waals surface area (Å²) in [5.41, 5.74) is 2.64. The third-order valence-corrected chi connectivity index (χ3v) is 3.24. The minimum atomic E-state index is 0.194.